The molecule has 0 saturated carbocycles. The molecule has 0 aromatic rings. The van der Waals surface area contributed by atoms with Crippen LogP contribution in [0.2, 0.25) is 0 Å². The highest BCUT2D eigenvalue weighted by Crippen LogP contribution is 2.22. The number of carbonyl (C=O) groups is 3. The maximum absolute atomic E-state index is 13.0. The van der Waals surface area contributed by atoms with Crippen LogP contribution in [0.25, 0.3) is 10.4 Å². The standard InChI is InChI=1S/C23H44N6O8/c1-22(2,3)28(20(31)32)11-7-8-18(29(21(33)34)23(4,5)6)19(30)25-9-12-35-14-16-37-17-15-36-13-10-26-27-24/h18H,7-17H2,1-6H3,(H,25,30)(H,31,32)(H,33,34)/t18-/m0/s1. The molecule has 0 unspecified atom stereocenters. The summed E-state index contributed by atoms with van der Waals surface area (Å²) in [7, 11) is 0. The molecular formula is C23H44N6O8. The summed E-state index contributed by atoms with van der Waals surface area (Å²) in [5, 5.41) is 25.4. The van der Waals surface area contributed by atoms with Gasteiger partial charge in [0.05, 0.1) is 39.6 Å². The number of nitrogens with zero attached hydrogens (tertiary/aromatic N) is 5. The number of hydrogen-bond acceptors (Lipinski definition) is 7. The molecule has 37 heavy (non-hydrogen) atoms. The van der Waals surface area contributed by atoms with Crippen molar-refractivity contribution in [3.05, 3.63) is 10.4 Å². The zero-order valence-electron chi connectivity index (χ0n) is 22.9. The highest BCUT2D eigenvalue weighted by atomic mass is 16.5. The van der Waals surface area contributed by atoms with Crippen LogP contribution < -0.4 is 5.32 Å². The minimum absolute atomic E-state index is 0.162. The van der Waals surface area contributed by atoms with Crippen molar-refractivity contribution >= 4 is 18.1 Å². The fourth-order valence-electron chi connectivity index (χ4n) is 3.48. The molecule has 0 spiro atoms. The van der Waals surface area contributed by atoms with Gasteiger partial charge < -0.3 is 34.6 Å². The molecule has 14 heteroatoms. The highest BCUT2D eigenvalue weighted by Gasteiger charge is 2.37. The second kappa shape index (κ2) is 17.6. The lowest BCUT2D eigenvalue weighted by Crippen LogP contribution is -2.57. The molecule has 0 aliphatic rings. The van der Waals surface area contributed by atoms with E-state index in [1.165, 1.54) is 4.90 Å². The number of azide groups is 1. The molecule has 0 saturated heterocycles. The van der Waals surface area contributed by atoms with Crippen LogP contribution in [-0.4, -0.2) is 115 Å². The van der Waals surface area contributed by atoms with E-state index in [0.29, 0.717) is 39.5 Å². The Hall–Kier alpha value is -2.80. The van der Waals surface area contributed by atoms with E-state index < -0.39 is 35.2 Å². The molecule has 0 radical (unpaired) electrons. The number of nitrogens with one attached hydrogen (secondary N) is 1. The quantitative estimate of drug-likeness (QED) is 0.104. The first-order valence-corrected chi connectivity index (χ1v) is 12.3. The zero-order chi connectivity index (χ0) is 28.5. The van der Waals surface area contributed by atoms with Crippen LogP contribution in [0.4, 0.5) is 9.59 Å². The molecule has 0 aliphatic carbocycles. The van der Waals surface area contributed by atoms with Gasteiger partial charge in [-0.15, -0.1) is 0 Å². The summed E-state index contributed by atoms with van der Waals surface area (Å²) in [5.41, 5.74) is 6.69. The van der Waals surface area contributed by atoms with E-state index in [4.69, 9.17) is 19.7 Å². The van der Waals surface area contributed by atoms with Gasteiger partial charge in [0.25, 0.3) is 0 Å². The molecule has 0 aromatic carbocycles. The van der Waals surface area contributed by atoms with Gasteiger partial charge in [-0.05, 0) is 59.9 Å². The van der Waals surface area contributed by atoms with E-state index in [1.807, 2.05) is 0 Å². The van der Waals surface area contributed by atoms with Gasteiger partial charge >= 0.3 is 12.2 Å². The van der Waals surface area contributed by atoms with Crippen molar-refractivity contribution < 1.29 is 38.8 Å². The summed E-state index contributed by atoms with van der Waals surface area (Å²) >= 11 is 0. The predicted octanol–water partition coefficient (Wildman–Crippen LogP) is 3.17. The topological polar surface area (TPSA) is 187 Å². The van der Waals surface area contributed by atoms with Crippen LogP contribution >= 0.6 is 0 Å². The van der Waals surface area contributed by atoms with Crippen LogP contribution in [0, 0.1) is 0 Å². The fraction of sp³-hybridized carbons (Fsp3) is 0.870. The second-order valence-corrected chi connectivity index (χ2v) is 10.2. The van der Waals surface area contributed by atoms with Gasteiger partial charge in [-0.1, -0.05) is 5.11 Å². The van der Waals surface area contributed by atoms with Crippen molar-refractivity contribution in [2.45, 2.75) is 71.5 Å². The minimum atomic E-state index is -1.23. The molecule has 14 nitrogen and oxygen atoms in total. The van der Waals surface area contributed by atoms with Gasteiger partial charge in [0.1, 0.15) is 6.04 Å². The number of carboxylic acid groups (broad SMARTS) is 2. The Morgan fingerprint density at radius 2 is 1.43 bits per heavy atom. The zero-order valence-corrected chi connectivity index (χ0v) is 22.9. The highest BCUT2D eigenvalue weighted by molar-refractivity contribution is 5.85. The van der Waals surface area contributed by atoms with Crippen LogP contribution in [-0.2, 0) is 19.0 Å². The Morgan fingerprint density at radius 3 is 1.89 bits per heavy atom. The first-order valence-electron chi connectivity index (χ1n) is 12.3. The van der Waals surface area contributed by atoms with E-state index in [-0.39, 0.29) is 32.7 Å². The molecule has 0 rings (SSSR count). The monoisotopic (exact) mass is 532 g/mol. The van der Waals surface area contributed by atoms with Gasteiger partial charge in [0.2, 0.25) is 5.91 Å². The Morgan fingerprint density at radius 1 is 0.892 bits per heavy atom. The van der Waals surface area contributed by atoms with Crippen LogP contribution in [0.5, 0.6) is 0 Å². The Bertz CT molecular complexity index is 746. The number of rotatable bonds is 18. The van der Waals surface area contributed by atoms with Crippen molar-refractivity contribution in [1.82, 2.24) is 15.1 Å². The molecule has 3 amide bonds. The van der Waals surface area contributed by atoms with Crippen molar-refractivity contribution in [3.8, 4) is 0 Å². The maximum Gasteiger partial charge on any atom is 0.408 e. The van der Waals surface area contributed by atoms with Crippen molar-refractivity contribution in [2.75, 3.05) is 59.3 Å². The largest absolute Gasteiger partial charge is 0.465 e. The molecule has 1 atom stereocenters. The maximum atomic E-state index is 13.0. The molecular weight excluding hydrogens is 488 g/mol. The lowest BCUT2D eigenvalue weighted by molar-refractivity contribution is -0.128. The van der Waals surface area contributed by atoms with E-state index in [2.05, 4.69) is 15.3 Å². The normalized spacial score (nSPS) is 12.4. The number of carbonyl (C=O) groups excluding carboxylic acids is 1. The second-order valence-electron chi connectivity index (χ2n) is 10.2. The number of ether oxygens (including phenoxy) is 3. The average molecular weight is 533 g/mol. The summed E-state index contributed by atoms with van der Waals surface area (Å²) in [6.45, 7) is 13.0. The molecule has 0 heterocycles. The summed E-state index contributed by atoms with van der Waals surface area (Å²) in [6.07, 6.45) is -1.83. The first kappa shape index (κ1) is 34.2. The van der Waals surface area contributed by atoms with E-state index in [1.54, 1.807) is 41.5 Å². The molecule has 0 bridgehead atoms. The average Bonchev–Trinajstić information content (AvgIpc) is 2.76. The first-order chi connectivity index (χ1) is 17.2. The van der Waals surface area contributed by atoms with E-state index >= 15 is 0 Å². The third-order valence-electron chi connectivity index (χ3n) is 5.13. The van der Waals surface area contributed by atoms with Gasteiger partial charge in [0, 0.05) is 35.6 Å². The number of amides is 3. The van der Waals surface area contributed by atoms with E-state index in [0.717, 1.165) is 4.90 Å². The summed E-state index contributed by atoms with van der Waals surface area (Å²) in [5.74, 6) is -0.465. The van der Waals surface area contributed by atoms with E-state index in [9.17, 15) is 24.6 Å². The van der Waals surface area contributed by atoms with Gasteiger partial charge in [0.15, 0.2) is 0 Å². The lowest BCUT2D eigenvalue weighted by Gasteiger charge is -2.39. The molecule has 0 aromatic heterocycles. The third kappa shape index (κ3) is 15.1. The molecule has 214 valence electrons. The van der Waals surface area contributed by atoms with Gasteiger partial charge in [-0.3, -0.25) is 9.69 Å². The van der Waals surface area contributed by atoms with Crippen molar-refractivity contribution in [1.29, 1.82) is 0 Å². The minimum Gasteiger partial charge on any atom is -0.465 e. The number of hydrogen-bond donors (Lipinski definition) is 3. The smallest absolute Gasteiger partial charge is 0.408 e. The Balaban J connectivity index is 4.67. The summed E-state index contributed by atoms with van der Waals surface area (Å²) in [6, 6.07) is -0.990. The van der Waals surface area contributed by atoms with Gasteiger partial charge in [-0.25, -0.2) is 9.59 Å². The SMILES string of the molecule is CC(C)(C)N(CCC[C@@H](C(=O)NCCOCCOCCOCCN=[N+]=[N-])N(C(=O)O)C(C)(C)C)C(=O)O. The lowest BCUT2D eigenvalue weighted by atomic mass is 9.99. The molecule has 3 N–H and O–H groups in total. The van der Waals surface area contributed by atoms with Crippen LogP contribution in [0.15, 0.2) is 5.11 Å². The van der Waals surface area contributed by atoms with Crippen molar-refractivity contribution in [2.24, 2.45) is 5.11 Å². The third-order valence-corrected chi connectivity index (χ3v) is 5.13. The Labute approximate surface area is 218 Å². The van der Waals surface area contributed by atoms with Gasteiger partial charge in [-0.2, -0.15) is 0 Å². The van der Waals surface area contributed by atoms with Crippen LogP contribution in [0.1, 0.15) is 54.4 Å². The fourth-order valence-corrected chi connectivity index (χ4v) is 3.48. The summed E-state index contributed by atoms with van der Waals surface area (Å²) in [4.78, 5) is 41.6. The molecule has 0 fully saturated rings. The predicted molar refractivity (Wildman–Crippen MR) is 137 cm³/mol. The Kier molecular flexibility index (Phi) is 16.3. The van der Waals surface area contributed by atoms with Crippen molar-refractivity contribution in [3.63, 3.8) is 0 Å². The molecule has 0 aliphatic heterocycles. The summed E-state index contributed by atoms with van der Waals surface area (Å²) < 4.78 is 16.0. The van der Waals surface area contributed by atoms with Crippen LogP contribution in [0.3, 0.4) is 0 Å².